The molecule has 5 atom stereocenters. The van der Waals surface area contributed by atoms with Gasteiger partial charge in [0.1, 0.15) is 6.04 Å². The van der Waals surface area contributed by atoms with Gasteiger partial charge in [-0.25, -0.2) is 4.79 Å². The van der Waals surface area contributed by atoms with Crippen molar-refractivity contribution in [3.05, 3.63) is 0 Å². The third-order valence-electron chi connectivity index (χ3n) is 5.99. The molecule has 2 bridgehead atoms. The van der Waals surface area contributed by atoms with Gasteiger partial charge in [0, 0.05) is 0 Å². The lowest BCUT2D eigenvalue weighted by molar-refractivity contribution is -0.158. The minimum atomic E-state index is -1.16. The Labute approximate surface area is 128 Å². The average Bonchev–Trinajstić information content (AvgIpc) is 3.08. The number of carbonyl (C=O) groups excluding carboxylic acids is 2. The number of aliphatic carboxylic acids is 1. The standard InChI is InChI=1S/C15H22N2O5/c1-14-9-5-6-10(22-9)15(14,2)13(21)17(12(14)20)8(11(18)19)4-3-7-16/h8-10H,3-7,16H2,1-2H3,(H,18,19)/t8?,9-,10?,14?,15?/m0/s1. The Kier molecular flexibility index (Phi) is 3.34. The van der Waals surface area contributed by atoms with E-state index in [9.17, 15) is 19.5 Å². The molecule has 22 heavy (non-hydrogen) atoms. The number of fused-ring (bicyclic) bond motifs is 5. The van der Waals surface area contributed by atoms with Crippen LogP contribution in [0.4, 0.5) is 0 Å². The maximum atomic E-state index is 13.0. The molecule has 3 fully saturated rings. The fourth-order valence-corrected chi connectivity index (χ4v) is 4.43. The number of hydrogen-bond donors (Lipinski definition) is 2. The van der Waals surface area contributed by atoms with Crippen LogP contribution >= 0.6 is 0 Å². The molecule has 122 valence electrons. The summed E-state index contributed by atoms with van der Waals surface area (Å²) in [6.45, 7) is 3.82. The van der Waals surface area contributed by atoms with Crippen molar-refractivity contribution in [1.29, 1.82) is 0 Å². The van der Waals surface area contributed by atoms with Gasteiger partial charge >= 0.3 is 5.97 Å². The Morgan fingerprint density at radius 3 is 2.23 bits per heavy atom. The largest absolute Gasteiger partial charge is 0.480 e. The summed E-state index contributed by atoms with van der Waals surface area (Å²) >= 11 is 0. The van der Waals surface area contributed by atoms with Gasteiger partial charge in [-0.3, -0.25) is 14.5 Å². The normalized spacial score (nSPS) is 41.1. The van der Waals surface area contributed by atoms with E-state index in [0.717, 1.165) is 17.7 Å². The van der Waals surface area contributed by atoms with Crippen LogP contribution in [0.2, 0.25) is 0 Å². The molecule has 4 unspecified atom stereocenters. The first-order valence-corrected chi connectivity index (χ1v) is 7.76. The quantitative estimate of drug-likeness (QED) is 0.698. The van der Waals surface area contributed by atoms with Crippen molar-refractivity contribution < 1.29 is 24.2 Å². The molecule has 2 amide bonds. The number of nitrogens with two attached hydrogens (primary N) is 1. The molecular weight excluding hydrogens is 288 g/mol. The molecule has 0 radical (unpaired) electrons. The first-order chi connectivity index (χ1) is 10.3. The third kappa shape index (κ3) is 1.55. The van der Waals surface area contributed by atoms with Crippen molar-refractivity contribution in [1.82, 2.24) is 4.90 Å². The Hall–Kier alpha value is -1.47. The van der Waals surface area contributed by atoms with Gasteiger partial charge in [0.25, 0.3) is 0 Å². The highest BCUT2D eigenvalue weighted by atomic mass is 16.5. The minimum absolute atomic E-state index is 0.186. The summed E-state index contributed by atoms with van der Waals surface area (Å²) in [5.74, 6) is -1.97. The van der Waals surface area contributed by atoms with Crippen LogP contribution in [0.5, 0.6) is 0 Å². The number of rotatable bonds is 5. The van der Waals surface area contributed by atoms with Crippen LogP contribution in [0.25, 0.3) is 0 Å². The number of carboxylic acid groups (broad SMARTS) is 1. The lowest BCUT2D eigenvalue weighted by Gasteiger charge is -2.36. The zero-order valence-electron chi connectivity index (χ0n) is 12.9. The second-order valence-corrected chi connectivity index (χ2v) is 6.86. The second-order valence-electron chi connectivity index (χ2n) is 6.86. The number of amides is 2. The Bertz CT molecular complexity index is 516. The molecule has 3 heterocycles. The van der Waals surface area contributed by atoms with Crippen LogP contribution in [0.1, 0.15) is 39.5 Å². The molecule has 3 saturated heterocycles. The van der Waals surface area contributed by atoms with E-state index >= 15 is 0 Å². The molecule has 0 spiro atoms. The summed E-state index contributed by atoms with van der Waals surface area (Å²) in [7, 11) is 0. The van der Waals surface area contributed by atoms with E-state index < -0.39 is 34.7 Å². The number of ether oxygens (including phenoxy) is 1. The SMILES string of the molecule is CC12C(=O)N(C(CCCN)C(=O)O)C(=O)C1(C)[C@@H]1CCC2O1. The Morgan fingerprint density at radius 2 is 1.82 bits per heavy atom. The zero-order valence-corrected chi connectivity index (χ0v) is 12.9. The highest BCUT2D eigenvalue weighted by Crippen LogP contribution is 2.64. The lowest BCUT2D eigenvalue weighted by Crippen LogP contribution is -2.48. The van der Waals surface area contributed by atoms with E-state index in [-0.39, 0.29) is 18.6 Å². The van der Waals surface area contributed by atoms with Gasteiger partial charge in [0.2, 0.25) is 11.8 Å². The summed E-state index contributed by atoms with van der Waals surface area (Å²) in [6, 6.07) is -1.14. The van der Waals surface area contributed by atoms with Crippen LogP contribution in [0, 0.1) is 10.8 Å². The van der Waals surface area contributed by atoms with Crippen molar-refractivity contribution in [2.75, 3.05) is 6.54 Å². The molecule has 7 heteroatoms. The maximum absolute atomic E-state index is 13.0. The molecule has 7 nitrogen and oxygen atoms in total. The summed E-state index contributed by atoms with van der Waals surface area (Å²) < 4.78 is 5.82. The number of hydrogen-bond acceptors (Lipinski definition) is 5. The molecule has 3 aliphatic rings. The predicted molar refractivity (Wildman–Crippen MR) is 75.7 cm³/mol. The molecule has 0 aromatic heterocycles. The number of imide groups is 1. The van der Waals surface area contributed by atoms with E-state index in [4.69, 9.17) is 10.5 Å². The molecule has 3 N–H and O–H groups in total. The van der Waals surface area contributed by atoms with E-state index in [1.807, 2.05) is 0 Å². The summed E-state index contributed by atoms with van der Waals surface area (Å²) in [5, 5.41) is 9.46. The molecule has 0 saturated carbocycles. The minimum Gasteiger partial charge on any atom is -0.480 e. The van der Waals surface area contributed by atoms with Crippen molar-refractivity contribution in [3.8, 4) is 0 Å². The monoisotopic (exact) mass is 310 g/mol. The smallest absolute Gasteiger partial charge is 0.326 e. The van der Waals surface area contributed by atoms with Gasteiger partial charge in [-0.2, -0.15) is 0 Å². The molecule has 3 aliphatic heterocycles. The topological polar surface area (TPSA) is 110 Å². The summed E-state index contributed by atoms with van der Waals surface area (Å²) in [5.41, 5.74) is 3.53. The predicted octanol–water partition coefficient (Wildman–Crippen LogP) is 0.121. The van der Waals surface area contributed by atoms with Crippen molar-refractivity contribution >= 4 is 17.8 Å². The molecular formula is C15H22N2O5. The van der Waals surface area contributed by atoms with Crippen molar-refractivity contribution in [2.45, 2.75) is 57.8 Å². The number of likely N-dealkylation sites (tertiary alicyclic amines) is 1. The zero-order chi connectivity index (χ0) is 16.3. The molecule has 0 aromatic carbocycles. The van der Waals surface area contributed by atoms with Crippen LogP contribution in [-0.4, -0.2) is 52.6 Å². The summed E-state index contributed by atoms with van der Waals surface area (Å²) in [6.07, 6.45) is 1.52. The fraction of sp³-hybridized carbons (Fsp3) is 0.800. The fourth-order valence-electron chi connectivity index (χ4n) is 4.43. The van der Waals surface area contributed by atoms with Gasteiger partial charge in [-0.1, -0.05) is 0 Å². The Balaban J connectivity index is 2.00. The first kappa shape index (κ1) is 15.4. The Morgan fingerprint density at radius 1 is 1.32 bits per heavy atom. The third-order valence-corrected chi connectivity index (χ3v) is 5.99. The number of carbonyl (C=O) groups is 3. The van der Waals surface area contributed by atoms with Gasteiger partial charge in [0.15, 0.2) is 0 Å². The van der Waals surface area contributed by atoms with Gasteiger partial charge in [-0.05, 0) is 46.1 Å². The second kappa shape index (κ2) is 4.76. The van der Waals surface area contributed by atoms with Crippen molar-refractivity contribution in [2.24, 2.45) is 16.6 Å². The molecule has 0 aliphatic carbocycles. The van der Waals surface area contributed by atoms with Gasteiger partial charge in [-0.15, -0.1) is 0 Å². The number of nitrogens with zero attached hydrogens (tertiary/aromatic N) is 1. The van der Waals surface area contributed by atoms with Gasteiger partial charge < -0.3 is 15.6 Å². The molecule has 3 rings (SSSR count). The highest BCUT2D eigenvalue weighted by molar-refractivity contribution is 6.12. The van der Waals surface area contributed by atoms with Gasteiger partial charge in [0.05, 0.1) is 23.0 Å². The summed E-state index contributed by atoms with van der Waals surface area (Å²) in [4.78, 5) is 38.5. The average molecular weight is 310 g/mol. The highest BCUT2D eigenvalue weighted by Gasteiger charge is 2.77. The number of carboxylic acids is 1. The first-order valence-electron chi connectivity index (χ1n) is 7.76. The van der Waals surface area contributed by atoms with E-state index in [1.165, 1.54) is 0 Å². The maximum Gasteiger partial charge on any atom is 0.326 e. The molecule has 0 aromatic rings. The van der Waals surface area contributed by atoms with Crippen LogP contribution in [0.3, 0.4) is 0 Å². The lowest BCUT2D eigenvalue weighted by atomic mass is 9.59. The van der Waals surface area contributed by atoms with E-state index in [1.54, 1.807) is 13.8 Å². The van der Waals surface area contributed by atoms with Crippen molar-refractivity contribution in [3.63, 3.8) is 0 Å². The van der Waals surface area contributed by atoms with Crippen LogP contribution in [0.15, 0.2) is 0 Å². The van der Waals surface area contributed by atoms with E-state index in [2.05, 4.69) is 0 Å². The van der Waals surface area contributed by atoms with Crippen LogP contribution in [-0.2, 0) is 19.1 Å². The van der Waals surface area contributed by atoms with E-state index in [0.29, 0.717) is 13.0 Å². The van der Waals surface area contributed by atoms with Crippen LogP contribution < -0.4 is 5.73 Å².